The van der Waals surface area contributed by atoms with Crippen LogP contribution in [0.3, 0.4) is 0 Å². The Hall–Kier alpha value is -1.51. The Bertz CT molecular complexity index is 730. The maximum absolute atomic E-state index is 12.3. The zero-order valence-electron chi connectivity index (χ0n) is 17.9. The van der Waals surface area contributed by atoms with E-state index in [-0.39, 0.29) is 31.1 Å². The standard InChI is InChI=1S/C22H35N5O3/c28-8-5-22(29)26-11-17-9-20(21(10-18(17)12-26)30-15-16-3-4-16)27-14-19(23-24-27)13-25-6-1-2-7-25/h14,16-18,20-21,28H,1-13,15H2/t17-,18+,20-,21-/m1/s1. The van der Waals surface area contributed by atoms with Gasteiger partial charge in [0.1, 0.15) is 0 Å². The molecule has 1 aromatic rings. The highest BCUT2D eigenvalue weighted by molar-refractivity contribution is 5.76. The highest BCUT2D eigenvalue weighted by Gasteiger charge is 2.45. The summed E-state index contributed by atoms with van der Waals surface area (Å²) in [4.78, 5) is 16.7. The molecule has 1 aromatic heterocycles. The largest absolute Gasteiger partial charge is 0.396 e. The molecule has 0 bridgehead atoms. The third-order valence-electron chi connectivity index (χ3n) is 7.49. The molecule has 4 fully saturated rings. The Morgan fingerprint density at radius 3 is 2.67 bits per heavy atom. The van der Waals surface area contributed by atoms with Crippen molar-refractivity contribution in [1.29, 1.82) is 0 Å². The molecule has 0 aromatic carbocycles. The molecule has 2 aliphatic heterocycles. The van der Waals surface area contributed by atoms with Gasteiger partial charge in [0.25, 0.3) is 0 Å². The van der Waals surface area contributed by atoms with Crippen molar-refractivity contribution in [2.75, 3.05) is 39.4 Å². The first-order valence-corrected chi connectivity index (χ1v) is 11.8. The summed E-state index contributed by atoms with van der Waals surface area (Å²) in [5, 5.41) is 18.1. The number of likely N-dealkylation sites (tertiary alicyclic amines) is 2. The fraction of sp³-hybridized carbons (Fsp3) is 0.864. The van der Waals surface area contributed by atoms with Crippen LogP contribution in [0.1, 0.15) is 56.7 Å². The van der Waals surface area contributed by atoms with Gasteiger partial charge in [-0.1, -0.05) is 5.21 Å². The second kappa shape index (κ2) is 8.93. The third-order valence-corrected chi connectivity index (χ3v) is 7.49. The van der Waals surface area contributed by atoms with Crippen LogP contribution in [0.2, 0.25) is 0 Å². The molecule has 1 N–H and O–H groups in total. The Balaban J connectivity index is 1.27. The van der Waals surface area contributed by atoms with Gasteiger partial charge in [-0.25, -0.2) is 4.68 Å². The summed E-state index contributed by atoms with van der Waals surface area (Å²) in [5.74, 6) is 1.77. The van der Waals surface area contributed by atoms with Gasteiger partial charge < -0.3 is 14.7 Å². The van der Waals surface area contributed by atoms with Crippen LogP contribution in [-0.4, -0.2) is 81.3 Å². The van der Waals surface area contributed by atoms with Gasteiger partial charge >= 0.3 is 0 Å². The van der Waals surface area contributed by atoms with Crippen molar-refractivity contribution >= 4 is 5.91 Å². The van der Waals surface area contributed by atoms with Gasteiger partial charge in [-0.15, -0.1) is 5.10 Å². The molecular formula is C22H35N5O3. The molecular weight excluding hydrogens is 382 g/mol. The molecule has 4 aliphatic rings. The van der Waals surface area contributed by atoms with Crippen LogP contribution < -0.4 is 0 Å². The molecule has 30 heavy (non-hydrogen) atoms. The van der Waals surface area contributed by atoms with Crippen LogP contribution in [0.25, 0.3) is 0 Å². The molecule has 2 aliphatic carbocycles. The van der Waals surface area contributed by atoms with E-state index in [1.807, 2.05) is 4.90 Å². The summed E-state index contributed by atoms with van der Waals surface area (Å²) in [5.41, 5.74) is 1.05. The van der Waals surface area contributed by atoms with E-state index in [4.69, 9.17) is 9.84 Å². The molecule has 166 valence electrons. The molecule has 1 amide bonds. The molecule has 5 rings (SSSR count). The van der Waals surface area contributed by atoms with E-state index >= 15 is 0 Å². The minimum absolute atomic E-state index is 0.0703. The van der Waals surface area contributed by atoms with Crippen LogP contribution in [0.5, 0.6) is 0 Å². The van der Waals surface area contributed by atoms with Gasteiger partial charge in [-0.3, -0.25) is 9.69 Å². The Labute approximate surface area is 178 Å². The average molecular weight is 418 g/mol. The molecule has 2 saturated heterocycles. The van der Waals surface area contributed by atoms with E-state index in [1.165, 1.54) is 25.7 Å². The minimum Gasteiger partial charge on any atom is -0.396 e. The van der Waals surface area contributed by atoms with E-state index in [1.54, 1.807) is 0 Å². The number of hydrogen-bond acceptors (Lipinski definition) is 6. The smallest absolute Gasteiger partial charge is 0.224 e. The predicted molar refractivity (Wildman–Crippen MR) is 111 cm³/mol. The minimum atomic E-state index is -0.0703. The monoisotopic (exact) mass is 417 g/mol. The summed E-state index contributed by atoms with van der Waals surface area (Å²) in [6.45, 7) is 5.58. The lowest BCUT2D eigenvalue weighted by Gasteiger charge is -2.37. The highest BCUT2D eigenvalue weighted by Crippen LogP contribution is 2.43. The van der Waals surface area contributed by atoms with E-state index in [0.717, 1.165) is 63.8 Å². The third kappa shape index (κ3) is 4.55. The van der Waals surface area contributed by atoms with Gasteiger partial charge in [0, 0.05) is 32.7 Å². The van der Waals surface area contributed by atoms with E-state index < -0.39 is 0 Å². The van der Waals surface area contributed by atoms with Crippen molar-refractivity contribution in [3.63, 3.8) is 0 Å². The first-order valence-electron chi connectivity index (χ1n) is 11.8. The quantitative estimate of drug-likeness (QED) is 0.690. The van der Waals surface area contributed by atoms with Crippen LogP contribution in [0, 0.1) is 17.8 Å². The topological polar surface area (TPSA) is 83.7 Å². The highest BCUT2D eigenvalue weighted by atomic mass is 16.5. The number of aromatic nitrogens is 3. The Morgan fingerprint density at radius 1 is 1.17 bits per heavy atom. The number of aliphatic hydroxyl groups excluding tert-OH is 1. The van der Waals surface area contributed by atoms with Crippen molar-refractivity contribution in [2.45, 2.75) is 63.6 Å². The fourth-order valence-corrected chi connectivity index (χ4v) is 5.57. The Kier molecular flexibility index (Phi) is 6.07. The van der Waals surface area contributed by atoms with Crippen LogP contribution in [0.15, 0.2) is 6.20 Å². The maximum atomic E-state index is 12.3. The lowest BCUT2D eigenvalue weighted by Crippen LogP contribution is -2.38. The number of rotatable bonds is 8. The van der Waals surface area contributed by atoms with E-state index in [0.29, 0.717) is 11.8 Å². The van der Waals surface area contributed by atoms with Gasteiger partial charge in [-0.05, 0) is 69.4 Å². The van der Waals surface area contributed by atoms with Crippen molar-refractivity contribution in [2.24, 2.45) is 17.8 Å². The number of ether oxygens (including phenoxy) is 1. The van der Waals surface area contributed by atoms with Crippen LogP contribution in [0.4, 0.5) is 0 Å². The van der Waals surface area contributed by atoms with Crippen molar-refractivity contribution < 1.29 is 14.6 Å². The Morgan fingerprint density at radius 2 is 1.93 bits per heavy atom. The summed E-state index contributed by atoms with van der Waals surface area (Å²) in [7, 11) is 0. The maximum Gasteiger partial charge on any atom is 0.224 e. The van der Waals surface area contributed by atoms with Gasteiger partial charge in [0.2, 0.25) is 5.91 Å². The predicted octanol–water partition coefficient (Wildman–Crippen LogP) is 1.46. The number of carbonyl (C=O) groups is 1. The van der Waals surface area contributed by atoms with Crippen LogP contribution >= 0.6 is 0 Å². The molecule has 8 heteroatoms. The lowest BCUT2D eigenvalue weighted by molar-refractivity contribution is -0.131. The number of hydrogen-bond donors (Lipinski definition) is 1. The van der Waals surface area contributed by atoms with E-state index in [2.05, 4.69) is 26.1 Å². The lowest BCUT2D eigenvalue weighted by atomic mass is 9.77. The number of fused-ring (bicyclic) bond motifs is 1. The number of amides is 1. The van der Waals surface area contributed by atoms with E-state index in [9.17, 15) is 4.79 Å². The number of carbonyl (C=O) groups excluding carboxylic acids is 1. The van der Waals surface area contributed by atoms with Crippen molar-refractivity contribution in [1.82, 2.24) is 24.8 Å². The molecule has 2 saturated carbocycles. The zero-order valence-corrected chi connectivity index (χ0v) is 17.9. The number of nitrogens with zero attached hydrogens (tertiary/aromatic N) is 5. The summed E-state index contributed by atoms with van der Waals surface area (Å²) in [6, 6.07) is 0.192. The summed E-state index contributed by atoms with van der Waals surface area (Å²) < 4.78 is 8.48. The first kappa shape index (κ1) is 20.4. The molecule has 3 heterocycles. The van der Waals surface area contributed by atoms with Crippen molar-refractivity contribution in [3.05, 3.63) is 11.9 Å². The SMILES string of the molecule is O=C(CCO)N1C[C@H]2C[C@@H](n3cc(CN4CCCC4)nn3)[C@H](OCC3CC3)C[C@H]2C1. The molecule has 0 unspecified atom stereocenters. The molecule has 0 radical (unpaired) electrons. The van der Waals surface area contributed by atoms with Crippen LogP contribution in [-0.2, 0) is 16.1 Å². The summed E-state index contributed by atoms with van der Waals surface area (Å²) in [6.07, 6.45) is 9.59. The molecule has 4 atom stereocenters. The van der Waals surface area contributed by atoms with Gasteiger partial charge in [0.15, 0.2) is 0 Å². The number of aliphatic hydroxyl groups is 1. The van der Waals surface area contributed by atoms with Gasteiger partial charge in [0.05, 0.1) is 30.6 Å². The first-order chi connectivity index (χ1) is 14.7. The van der Waals surface area contributed by atoms with Gasteiger partial charge in [-0.2, -0.15) is 0 Å². The normalized spacial score (nSPS) is 32.0. The molecule has 0 spiro atoms. The molecule has 8 nitrogen and oxygen atoms in total. The second-order valence-corrected chi connectivity index (χ2v) is 9.82. The summed E-state index contributed by atoms with van der Waals surface area (Å²) >= 11 is 0. The fourth-order valence-electron chi connectivity index (χ4n) is 5.57. The van der Waals surface area contributed by atoms with Crippen molar-refractivity contribution in [3.8, 4) is 0 Å². The average Bonchev–Trinajstić information content (AvgIpc) is 3.12. The second-order valence-electron chi connectivity index (χ2n) is 9.82. The zero-order chi connectivity index (χ0) is 20.5.